The first kappa shape index (κ1) is 13.9. The van der Waals surface area contributed by atoms with Gasteiger partial charge in [0.25, 0.3) is 0 Å². The second-order valence-corrected chi connectivity index (χ2v) is 6.82. The number of hydrogen-bond donors (Lipinski definition) is 1. The van der Waals surface area contributed by atoms with Gasteiger partial charge < -0.3 is 10.6 Å². The van der Waals surface area contributed by atoms with E-state index < -0.39 is 0 Å². The van der Waals surface area contributed by atoms with Crippen LogP contribution in [0.5, 0.6) is 0 Å². The second kappa shape index (κ2) is 5.62. The van der Waals surface area contributed by atoms with E-state index in [1.807, 2.05) is 0 Å². The van der Waals surface area contributed by atoms with Crippen molar-refractivity contribution in [2.75, 3.05) is 24.5 Å². The smallest absolute Gasteiger partial charge is 0.0377 e. The van der Waals surface area contributed by atoms with E-state index in [-0.39, 0.29) is 0 Å². The Kier molecular flexibility index (Phi) is 4.33. The highest BCUT2D eigenvalue weighted by Gasteiger charge is 2.25. The number of halogens is 1. The van der Waals surface area contributed by atoms with Crippen molar-refractivity contribution in [1.29, 1.82) is 0 Å². The number of hydrogen-bond acceptors (Lipinski definition) is 2. The standard InChI is InChI=1S/C15H23BrN2/c1-15(2)6-9-18(10-7-15)13-4-3-12(5-8-17)14(16)11-13/h3-4,11H,5-10,17H2,1-2H3. The van der Waals surface area contributed by atoms with Gasteiger partial charge in [-0.15, -0.1) is 0 Å². The molecular weight excluding hydrogens is 288 g/mol. The molecule has 0 aromatic heterocycles. The van der Waals surface area contributed by atoms with Gasteiger partial charge in [0.2, 0.25) is 0 Å². The summed E-state index contributed by atoms with van der Waals surface area (Å²) in [7, 11) is 0. The van der Waals surface area contributed by atoms with E-state index in [1.54, 1.807) is 0 Å². The Morgan fingerprint density at radius 1 is 1.28 bits per heavy atom. The van der Waals surface area contributed by atoms with Gasteiger partial charge >= 0.3 is 0 Å². The van der Waals surface area contributed by atoms with E-state index in [4.69, 9.17) is 5.73 Å². The largest absolute Gasteiger partial charge is 0.371 e. The molecular formula is C15H23BrN2. The number of benzene rings is 1. The van der Waals surface area contributed by atoms with Crippen molar-refractivity contribution in [3.8, 4) is 0 Å². The third-order valence-electron chi connectivity index (χ3n) is 3.93. The summed E-state index contributed by atoms with van der Waals surface area (Å²) in [5, 5.41) is 0. The maximum atomic E-state index is 5.61. The molecule has 3 heteroatoms. The van der Waals surface area contributed by atoms with E-state index in [2.05, 4.69) is 52.9 Å². The lowest BCUT2D eigenvalue weighted by Crippen LogP contribution is -2.37. The predicted octanol–water partition coefficient (Wildman–Crippen LogP) is 3.58. The summed E-state index contributed by atoms with van der Waals surface area (Å²) in [6.45, 7) is 7.76. The normalized spacial score (nSPS) is 19.0. The lowest BCUT2D eigenvalue weighted by Gasteiger charge is -2.38. The Labute approximate surface area is 119 Å². The highest BCUT2D eigenvalue weighted by molar-refractivity contribution is 9.10. The van der Waals surface area contributed by atoms with Crippen molar-refractivity contribution in [1.82, 2.24) is 0 Å². The summed E-state index contributed by atoms with van der Waals surface area (Å²) in [6.07, 6.45) is 3.48. The monoisotopic (exact) mass is 310 g/mol. The van der Waals surface area contributed by atoms with Crippen molar-refractivity contribution in [3.63, 3.8) is 0 Å². The molecule has 0 unspecified atom stereocenters. The number of rotatable bonds is 3. The van der Waals surface area contributed by atoms with Gasteiger partial charge in [0.1, 0.15) is 0 Å². The Morgan fingerprint density at radius 3 is 2.50 bits per heavy atom. The minimum absolute atomic E-state index is 0.507. The van der Waals surface area contributed by atoms with E-state index in [0.717, 1.165) is 19.5 Å². The van der Waals surface area contributed by atoms with Crippen LogP contribution in [-0.2, 0) is 6.42 Å². The third kappa shape index (κ3) is 3.27. The van der Waals surface area contributed by atoms with Crippen LogP contribution in [0.2, 0.25) is 0 Å². The highest BCUT2D eigenvalue weighted by atomic mass is 79.9. The minimum Gasteiger partial charge on any atom is -0.371 e. The van der Waals surface area contributed by atoms with Crippen molar-refractivity contribution in [2.45, 2.75) is 33.1 Å². The maximum absolute atomic E-state index is 5.61. The van der Waals surface area contributed by atoms with Gasteiger partial charge in [0, 0.05) is 23.2 Å². The van der Waals surface area contributed by atoms with E-state index >= 15 is 0 Å². The van der Waals surface area contributed by atoms with E-state index in [0.29, 0.717) is 12.0 Å². The van der Waals surface area contributed by atoms with Gasteiger partial charge in [-0.3, -0.25) is 0 Å². The average Bonchev–Trinajstić information content (AvgIpc) is 2.32. The second-order valence-electron chi connectivity index (χ2n) is 5.97. The zero-order valence-electron chi connectivity index (χ0n) is 11.4. The first-order valence-corrected chi connectivity index (χ1v) is 7.54. The first-order valence-electron chi connectivity index (χ1n) is 6.75. The summed E-state index contributed by atoms with van der Waals surface area (Å²) in [5.41, 5.74) is 8.75. The quantitative estimate of drug-likeness (QED) is 0.924. The van der Waals surface area contributed by atoms with Crippen LogP contribution in [0.1, 0.15) is 32.3 Å². The van der Waals surface area contributed by atoms with Gasteiger partial charge in [-0.1, -0.05) is 35.8 Å². The van der Waals surface area contributed by atoms with Crippen LogP contribution in [0.15, 0.2) is 22.7 Å². The van der Waals surface area contributed by atoms with Gasteiger partial charge in [-0.2, -0.15) is 0 Å². The Morgan fingerprint density at radius 2 is 1.94 bits per heavy atom. The van der Waals surface area contributed by atoms with Gasteiger partial charge in [0.05, 0.1) is 0 Å². The number of nitrogens with zero attached hydrogens (tertiary/aromatic N) is 1. The first-order chi connectivity index (χ1) is 8.52. The molecule has 0 aliphatic carbocycles. The molecule has 0 saturated carbocycles. The van der Waals surface area contributed by atoms with Gasteiger partial charge in [-0.05, 0) is 48.9 Å². The summed E-state index contributed by atoms with van der Waals surface area (Å²) in [6, 6.07) is 6.67. The third-order valence-corrected chi connectivity index (χ3v) is 4.67. The summed E-state index contributed by atoms with van der Waals surface area (Å²) >= 11 is 3.65. The van der Waals surface area contributed by atoms with Crippen molar-refractivity contribution in [2.24, 2.45) is 11.1 Å². The molecule has 1 fully saturated rings. The molecule has 1 aromatic carbocycles. The van der Waals surface area contributed by atoms with Crippen LogP contribution in [0.3, 0.4) is 0 Å². The lowest BCUT2D eigenvalue weighted by atomic mass is 9.82. The van der Waals surface area contributed by atoms with Crippen LogP contribution in [-0.4, -0.2) is 19.6 Å². The molecule has 0 spiro atoms. The van der Waals surface area contributed by atoms with E-state index in [9.17, 15) is 0 Å². The SMILES string of the molecule is CC1(C)CCN(c2ccc(CCN)c(Br)c2)CC1. The molecule has 2 nitrogen and oxygen atoms in total. The number of piperidine rings is 1. The van der Waals surface area contributed by atoms with Gasteiger partial charge in [0.15, 0.2) is 0 Å². The summed E-state index contributed by atoms with van der Waals surface area (Å²) in [4.78, 5) is 2.49. The van der Waals surface area contributed by atoms with E-state index in [1.165, 1.54) is 28.6 Å². The van der Waals surface area contributed by atoms with Crippen LogP contribution in [0.25, 0.3) is 0 Å². The topological polar surface area (TPSA) is 29.3 Å². The maximum Gasteiger partial charge on any atom is 0.0377 e. The predicted molar refractivity (Wildman–Crippen MR) is 82.1 cm³/mol. The fourth-order valence-electron chi connectivity index (χ4n) is 2.46. The molecule has 0 atom stereocenters. The molecule has 1 aromatic rings. The zero-order chi connectivity index (χ0) is 13.2. The molecule has 1 aliphatic rings. The zero-order valence-corrected chi connectivity index (χ0v) is 13.0. The Hall–Kier alpha value is -0.540. The van der Waals surface area contributed by atoms with Gasteiger partial charge in [-0.25, -0.2) is 0 Å². The molecule has 1 aliphatic heterocycles. The fourth-order valence-corrected chi connectivity index (χ4v) is 3.03. The number of anilines is 1. The van der Waals surface area contributed by atoms with Crippen LogP contribution in [0, 0.1) is 5.41 Å². The molecule has 0 radical (unpaired) electrons. The average molecular weight is 311 g/mol. The Balaban J connectivity index is 2.08. The molecule has 1 heterocycles. The minimum atomic E-state index is 0.507. The number of nitrogens with two attached hydrogens (primary N) is 1. The summed E-state index contributed by atoms with van der Waals surface area (Å²) in [5.74, 6) is 0. The van der Waals surface area contributed by atoms with Crippen LogP contribution < -0.4 is 10.6 Å². The van der Waals surface area contributed by atoms with Crippen molar-refractivity contribution < 1.29 is 0 Å². The Bertz CT molecular complexity index is 405. The van der Waals surface area contributed by atoms with Crippen molar-refractivity contribution >= 4 is 21.6 Å². The van der Waals surface area contributed by atoms with Crippen LogP contribution in [0.4, 0.5) is 5.69 Å². The molecule has 0 amide bonds. The lowest BCUT2D eigenvalue weighted by molar-refractivity contribution is 0.280. The van der Waals surface area contributed by atoms with Crippen molar-refractivity contribution in [3.05, 3.63) is 28.2 Å². The fraction of sp³-hybridized carbons (Fsp3) is 0.600. The highest BCUT2D eigenvalue weighted by Crippen LogP contribution is 2.33. The molecule has 1 saturated heterocycles. The molecule has 0 bridgehead atoms. The molecule has 2 rings (SSSR count). The molecule has 18 heavy (non-hydrogen) atoms. The molecule has 2 N–H and O–H groups in total. The van der Waals surface area contributed by atoms with Crippen LogP contribution >= 0.6 is 15.9 Å². The molecule has 100 valence electrons. The summed E-state index contributed by atoms with van der Waals surface area (Å²) < 4.78 is 1.19.